The van der Waals surface area contributed by atoms with E-state index in [0.29, 0.717) is 12.5 Å². The van der Waals surface area contributed by atoms with Crippen molar-refractivity contribution in [2.75, 3.05) is 26.7 Å². The second-order valence-electron chi connectivity index (χ2n) is 6.72. The lowest BCUT2D eigenvalue weighted by molar-refractivity contribution is -0.132. The van der Waals surface area contributed by atoms with Gasteiger partial charge < -0.3 is 15.0 Å². The summed E-state index contributed by atoms with van der Waals surface area (Å²) in [7, 11) is 1.69. The van der Waals surface area contributed by atoms with E-state index in [-0.39, 0.29) is 5.91 Å². The minimum atomic E-state index is 0.290. The maximum absolute atomic E-state index is 12.2. The Hall–Kier alpha value is -1.55. The number of methoxy groups -OCH3 is 1. The zero-order valence-corrected chi connectivity index (χ0v) is 14.7. The summed E-state index contributed by atoms with van der Waals surface area (Å²) in [5, 5.41) is 3.46. The predicted molar refractivity (Wildman–Crippen MR) is 93.8 cm³/mol. The van der Waals surface area contributed by atoms with Crippen LogP contribution in [0.2, 0.25) is 0 Å². The van der Waals surface area contributed by atoms with Gasteiger partial charge in [0.05, 0.1) is 7.11 Å². The lowest BCUT2D eigenvalue weighted by Crippen LogP contribution is -2.40. The van der Waals surface area contributed by atoms with Crippen molar-refractivity contribution in [2.45, 2.75) is 45.6 Å². The Morgan fingerprint density at radius 2 is 2.13 bits per heavy atom. The second-order valence-corrected chi connectivity index (χ2v) is 6.72. The zero-order chi connectivity index (χ0) is 16.7. The van der Waals surface area contributed by atoms with Gasteiger partial charge in [0.15, 0.2) is 0 Å². The Bertz CT molecular complexity index is 496. The van der Waals surface area contributed by atoms with E-state index in [9.17, 15) is 4.79 Å². The summed E-state index contributed by atoms with van der Waals surface area (Å²) in [6, 6.07) is 8.50. The highest BCUT2D eigenvalue weighted by Crippen LogP contribution is 2.16. The number of piperidine rings is 1. The predicted octanol–water partition coefficient (Wildman–Crippen LogP) is 2.86. The number of carbonyl (C=O) groups is 1. The van der Waals surface area contributed by atoms with Gasteiger partial charge in [-0.2, -0.15) is 0 Å². The van der Waals surface area contributed by atoms with Gasteiger partial charge in [0.1, 0.15) is 5.75 Å². The van der Waals surface area contributed by atoms with Crippen molar-refractivity contribution >= 4 is 5.91 Å². The number of hydrogen-bond donors (Lipinski definition) is 1. The van der Waals surface area contributed by atoms with Gasteiger partial charge in [-0.1, -0.05) is 19.1 Å². The summed E-state index contributed by atoms with van der Waals surface area (Å²) in [5.74, 6) is 1.95. The lowest BCUT2D eigenvalue weighted by Gasteiger charge is -2.30. The standard InChI is InChI=1S/C19H30N2O2/c1-15-8-11-21(12-9-15)19(22)7-10-20-16(2)13-17-5-4-6-18(14-17)23-3/h4-6,14-16,20H,7-13H2,1-3H3/t16-/m1/s1. The van der Waals surface area contributed by atoms with Crippen LogP contribution in [-0.2, 0) is 11.2 Å². The minimum absolute atomic E-state index is 0.290. The molecule has 1 aliphatic rings. The number of nitrogens with zero attached hydrogens (tertiary/aromatic N) is 1. The van der Waals surface area contributed by atoms with Crippen molar-refractivity contribution in [1.82, 2.24) is 10.2 Å². The number of benzene rings is 1. The molecular weight excluding hydrogens is 288 g/mol. The maximum atomic E-state index is 12.2. The molecule has 0 saturated carbocycles. The highest BCUT2D eigenvalue weighted by molar-refractivity contribution is 5.76. The van der Waals surface area contributed by atoms with E-state index in [1.165, 1.54) is 5.56 Å². The van der Waals surface area contributed by atoms with E-state index in [4.69, 9.17) is 4.74 Å². The molecule has 0 aromatic heterocycles. The van der Waals surface area contributed by atoms with E-state index in [1.54, 1.807) is 7.11 Å². The summed E-state index contributed by atoms with van der Waals surface area (Å²) in [6.07, 6.45) is 3.82. The van der Waals surface area contributed by atoms with Crippen LogP contribution < -0.4 is 10.1 Å². The third-order valence-electron chi connectivity index (χ3n) is 4.64. The number of rotatable bonds is 7. The van der Waals surface area contributed by atoms with Crippen molar-refractivity contribution in [3.63, 3.8) is 0 Å². The summed E-state index contributed by atoms with van der Waals surface area (Å²) >= 11 is 0. The van der Waals surface area contributed by atoms with E-state index in [1.807, 2.05) is 17.0 Å². The van der Waals surface area contributed by atoms with Crippen molar-refractivity contribution in [2.24, 2.45) is 5.92 Å². The molecule has 1 saturated heterocycles. The van der Waals surface area contributed by atoms with Crippen molar-refractivity contribution < 1.29 is 9.53 Å². The van der Waals surface area contributed by atoms with Gasteiger partial charge in [-0.25, -0.2) is 0 Å². The Morgan fingerprint density at radius 3 is 2.83 bits per heavy atom. The SMILES string of the molecule is COc1cccc(C[C@@H](C)NCCC(=O)N2CCC(C)CC2)c1. The monoisotopic (exact) mass is 318 g/mol. The Labute approximate surface area is 140 Å². The topological polar surface area (TPSA) is 41.6 Å². The van der Waals surface area contributed by atoms with Gasteiger partial charge in [-0.05, 0) is 49.8 Å². The molecule has 128 valence electrons. The number of hydrogen-bond acceptors (Lipinski definition) is 3. The summed E-state index contributed by atoms with van der Waals surface area (Å²) in [6.45, 7) is 7.03. The van der Waals surface area contributed by atoms with Crippen LogP contribution in [0.1, 0.15) is 38.7 Å². The molecule has 1 amide bonds. The van der Waals surface area contributed by atoms with Crippen LogP contribution in [0.3, 0.4) is 0 Å². The number of carbonyl (C=O) groups excluding carboxylic acids is 1. The number of likely N-dealkylation sites (tertiary alicyclic amines) is 1. The molecule has 0 spiro atoms. The number of amides is 1. The molecule has 0 unspecified atom stereocenters. The third kappa shape index (κ3) is 5.87. The van der Waals surface area contributed by atoms with E-state index < -0.39 is 0 Å². The summed E-state index contributed by atoms with van der Waals surface area (Å²) in [5.41, 5.74) is 1.25. The first-order valence-electron chi connectivity index (χ1n) is 8.72. The molecule has 1 aromatic rings. The Morgan fingerprint density at radius 1 is 1.39 bits per heavy atom. The number of nitrogens with one attached hydrogen (secondary N) is 1. The largest absolute Gasteiger partial charge is 0.497 e. The second kappa shape index (κ2) is 8.92. The zero-order valence-electron chi connectivity index (χ0n) is 14.7. The average molecular weight is 318 g/mol. The van der Waals surface area contributed by atoms with Crippen molar-refractivity contribution in [3.8, 4) is 5.75 Å². The maximum Gasteiger partial charge on any atom is 0.223 e. The van der Waals surface area contributed by atoms with Gasteiger partial charge in [0, 0.05) is 32.1 Å². The van der Waals surface area contributed by atoms with Gasteiger partial charge >= 0.3 is 0 Å². The first kappa shape index (κ1) is 17.8. The Balaban J connectivity index is 1.68. The van der Waals surface area contributed by atoms with Gasteiger partial charge in [-0.3, -0.25) is 4.79 Å². The van der Waals surface area contributed by atoms with Gasteiger partial charge in [-0.15, -0.1) is 0 Å². The van der Waals surface area contributed by atoms with Crippen LogP contribution in [-0.4, -0.2) is 43.6 Å². The first-order valence-corrected chi connectivity index (χ1v) is 8.72. The molecule has 1 atom stereocenters. The molecule has 1 aliphatic heterocycles. The number of ether oxygens (including phenoxy) is 1. The molecule has 1 N–H and O–H groups in total. The van der Waals surface area contributed by atoms with Crippen molar-refractivity contribution in [1.29, 1.82) is 0 Å². The fourth-order valence-electron chi connectivity index (χ4n) is 3.07. The van der Waals surface area contributed by atoms with Crippen LogP contribution in [0.5, 0.6) is 5.75 Å². The highest BCUT2D eigenvalue weighted by Gasteiger charge is 2.19. The Kier molecular flexibility index (Phi) is 6.90. The molecule has 4 nitrogen and oxygen atoms in total. The molecule has 4 heteroatoms. The van der Waals surface area contributed by atoms with Crippen LogP contribution >= 0.6 is 0 Å². The molecule has 1 fully saturated rings. The average Bonchev–Trinajstić information content (AvgIpc) is 2.55. The minimum Gasteiger partial charge on any atom is -0.497 e. The molecule has 0 radical (unpaired) electrons. The molecular formula is C19H30N2O2. The quantitative estimate of drug-likeness (QED) is 0.840. The van der Waals surface area contributed by atoms with Gasteiger partial charge in [0.2, 0.25) is 5.91 Å². The summed E-state index contributed by atoms with van der Waals surface area (Å²) < 4.78 is 5.25. The van der Waals surface area contributed by atoms with E-state index in [2.05, 4.69) is 31.3 Å². The fourth-order valence-corrected chi connectivity index (χ4v) is 3.07. The van der Waals surface area contributed by atoms with Crippen LogP contribution in [0, 0.1) is 5.92 Å². The fraction of sp³-hybridized carbons (Fsp3) is 0.632. The molecule has 0 bridgehead atoms. The summed E-state index contributed by atoms with van der Waals surface area (Å²) in [4.78, 5) is 14.2. The van der Waals surface area contributed by atoms with E-state index in [0.717, 1.165) is 50.6 Å². The van der Waals surface area contributed by atoms with Crippen LogP contribution in [0.25, 0.3) is 0 Å². The molecule has 0 aliphatic carbocycles. The molecule has 2 rings (SSSR count). The molecule has 1 heterocycles. The van der Waals surface area contributed by atoms with Crippen LogP contribution in [0.15, 0.2) is 24.3 Å². The van der Waals surface area contributed by atoms with Gasteiger partial charge in [0.25, 0.3) is 0 Å². The van der Waals surface area contributed by atoms with Crippen molar-refractivity contribution in [3.05, 3.63) is 29.8 Å². The van der Waals surface area contributed by atoms with Crippen LogP contribution in [0.4, 0.5) is 0 Å². The third-order valence-corrected chi connectivity index (χ3v) is 4.64. The highest BCUT2D eigenvalue weighted by atomic mass is 16.5. The normalized spacial score (nSPS) is 17.1. The molecule has 1 aromatic carbocycles. The van der Waals surface area contributed by atoms with E-state index >= 15 is 0 Å². The lowest BCUT2D eigenvalue weighted by atomic mass is 9.99. The first-order chi connectivity index (χ1) is 11.1. The smallest absolute Gasteiger partial charge is 0.223 e. The molecule has 23 heavy (non-hydrogen) atoms.